The molecule has 2 N–H and O–H groups in total. The molecule has 0 saturated heterocycles. The lowest BCUT2D eigenvalue weighted by atomic mass is 10.2. The van der Waals surface area contributed by atoms with Crippen LogP contribution >= 0.6 is 0 Å². The van der Waals surface area contributed by atoms with Crippen LogP contribution in [-0.4, -0.2) is 24.2 Å². The molecular weight excluding hydrogens is 336 g/mol. The first-order valence-corrected chi connectivity index (χ1v) is 8.29. The molecule has 0 aliphatic carbocycles. The number of hydrogen-bond acceptors (Lipinski definition) is 6. The van der Waals surface area contributed by atoms with Crippen molar-refractivity contribution in [1.82, 2.24) is 10.9 Å². The van der Waals surface area contributed by atoms with Crippen molar-refractivity contribution in [2.75, 3.05) is 0 Å². The monoisotopic (exact) mass is 358 g/mol. The lowest BCUT2D eigenvalue weighted by Gasteiger charge is -2.00. The second-order valence-corrected chi connectivity index (χ2v) is 5.69. The van der Waals surface area contributed by atoms with E-state index in [0.29, 0.717) is 24.4 Å². The number of aryl methyl sites for hydroxylation is 2. The van der Waals surface area contributed by atoms with Crippen LogP contribution in [0.3, 0.4) is 0 Å². The van der Waals surface area contributed by atoms with Gasteiger partial charge in [-0.15, -0.1) is 0 Å². The van der Waals surface area contributed by atoms with Gasteiger partial charge in [0.15, 0.2) is 0 Å². The van der Waals surface area contributed by atoms with Crippen molar-refractivity contribution in [3.8, 4) is 0 Å². The third kappa shape index (κ3) is 7.16. The molecule has 26 heavy (non-hydrogen) atoms. The van der Waals surface area contributed by atoms with Crippen molar-refractivity contribution < 1.29 is 18.4 Å². The first kappa shape index (κ1) is 19.2. The lowest BCUT2D eigenvalue weighted by molar-refractivity contribution is -0.123. The lowest BCUT2D eigenvalue weighted by Crippen LogP contribution is -2.18. The second-order valence-electron chi connectivity index (χ2n) is 5.69. The first-order valence-electron chi connectivity index (χ1n) is 8.29. The van der Waals surface area contributed by atoms with Crippen LogP contribution in [0.4, 0.5) is 0 Å². The predicted molar refractivity (Wildman–Crippen MR) is 96.8 cm³/mol. The van der Waals surface area contributed by atoms with Crippen LogP contribution in [0.15, 0.2) is 43.3 Å². The van der Waals surface area contributed by atoms with Crippen LogP contribution in [0.5, 0.6) is 0 Å². The van der Waals surface area contributed by atoms with E-state index in [1.54, 1.807) is 12.1 Å². The van der Waals surface area contributed by atoms with Crippen LogP contribution < -0.4 is 10.9 Å². The molecule has 0 spiro atoms. The molecule has 0 aliphatic rings. The third-order valence-corrected chi connectivity index (χ3v) is 3.34. The van der Waals surface area contributed by atoms with E-state index in [2.05, 4.69) is 21.1 Å². The highest BCUT2D eigenvalue weighted by molar-refractivity contribution is 5.81. The molecule has 0 saturated carbocycles. The Balaban J connectivity index is 1.54. The molecule has 0 unspecified atom stereocenters. The van der Waals surface area contributed by atoms with Crippen LogP contribution in [0.1, 0.15) is 48.7 Å². The standard InChI is InChI=1S/C18H22N4O4/c1-13-7-9-15(25-13)11-19-21-17(23)5-3-4-6-18(24)22-20-12-16-10-8-14(2)26-16/h7-12H,3-6H2,1-2H3,(H,21,23)(H,22,24)/b19-11-,20-12-. The normalized spacial score (nSPS) is 11.3. The molecule has 0 aliphatic heterocycles. The molecule has 2 amide bonds. The number of rotatable bonds is 9. The van der Waals surface area contributed by atoms with Crippen molar-refractivity contribution in [2.45, 2.75) is 39.5 Å². The van der Waals surface area contributed by atoms with Crippen molar-refractivity contribution in [3.05, 3.63) is 47.3 Å². The summed E-state index contributed by atoms with van der Waals surface area (Å²) >= 11 is 0. The molecule has 0 aromatic carbocycles. The SMILES string of the molecule is Cc1ccc(/C=N\NC(=O)CCCCC(=O)N/N=C\c2ccc(C)o2)o1. The Hall–Kier alpha value is -3.16. The van der Waals surface area contributed by atoms with E-state index in [1.807, 2.05) is 26.0 Å². The minimum Gasteiger partial charge on any atom is -0.460 e. The van der Waals surface area contributed by atoms with Gasteiger partial charge in [0.1, 0.15) is 23.0 Å². The summed E-state index contributed by atoms with van der Waals surface area (Å²) in [6.07, 6.45) is 4.62. The number of nitrogens with one attached hydrogen (secondary N) is 2. The van der Waals surface area contributed by atoms with E-state index in [0.717, 1.165) is 11.5 Å². The summed E-state index contributed by atoms with van der Waals surface area (Å²) in [4.78, 5) is 23.2. The number of furan rings is 2. The second kappa shape index (κ2) is 9.97. The molecule has 138 valence electrons. The molecule has 0 bridgehead atoms. The summed E-state index contributed by atoms with van der Waals surface area (Å²) < 4.78 is 10.6. The maximum Gasteiger partial charge on any atom is 0.240 e. The Morgan fingerprint density at radius 3 is 1.62 bits per heavy atom. The molecule has 2 aromatic heterocycles. The Labute approximate surface area is 151 Å². The summed E-state index contributed by atoms with van der Waals surface area (Å²) in [5, 5.41) is 7.63. The third-order valence-electron chi connectivity index (χ3n) is 3.34. The van der Waals surface area contributed by atoms with E-state index >= 15 is 0 Å². The quantitative estimate of drug-likeness (QED) is 0.408. The largest absolute Gasteiger partial charge is 0.460 e. The van der Waals surface area contributed by atoms with Gasteiger partial charge in [-0.05, 0) is 51.0 Å². The van der Waals surface area contributed by atoms with Gasteiger partial charge in [-0.2, -0.15) is 10.2 Å². The van der Waals surface area contributed by atoms with Crippen LogP contribution in [-0.2, 0) is 9.59 Å². The smallest absolute Gasteiger partial charge is 0.240 e. The molecule has 2 rings (SSSR count). The number of carbonyl (C=O) groups excluding carboxylic acids is 2. The minimum absolute atomic E-state index is 0.212. The zero-order chi connectivity index (χ0) is 18.8. The average Bonchev–Trinajstić information content (AvgIpc) is 3.20. The van der Waals surface area contributed by atoms with Gasteiger partial charge in [0.05, 0.1) is 12.4 Å². The molecular formula is C18H22N4O4. The Morgan fingerprint density at radius 1 is 0.846 bits per heavy atom. The fraction of sp³-hybridized carbons (Fsp3) is 0.333. The fourth-order valence-corrected chi connectivity index (χ4v) is 2.06. The summed E-state index contributed by atoms with van der Waals surface area (Å²) in [5.74, 6) is 2.28. The van der Waals surface area contributed by atoms with Gasteiger partial charge in [0.25, 0.3) is 0 Å². The fourth-order valence-electron chi connectivity index (χ4n) is 2.06. The summed E-state index contributed by atoms with van der Waals surface area (Å²) in [5.41, 5.74) is 4.84. The first-order chi connectivity index (χ1) is 12.5. The number of hydrazone groups is 2. The van der Waals surface area contributed by atoms with Crippen LogP contribution in [0, 0.1) is 13.8 Å². The highest BCUT2D eigenvalue weighted by Gasteiger charge is 2.03. The number of hydrogen-bond donors (Lipinski definition) is 2. The van der Waals surface area contributed by atoms with Crippen molar-refractivity contribution in [3.63, 3.8) is 0 Å². The minimum atomic E-state index is -0.212. The van der Waals surface area contributed by atoms with Gasteiger partial charge in [0, 0.05) is 12.8 Å². The van der Waals surface area contributed by atoms with E-state index in [4.69, 9.17) is 8.83 Å². The summed E-state index contributed by atoms with van der Waals surface area (Å²) in [7, 11) is 0. The highest BCUT2D eigenvalue weighted by atomic mass is 16.3. The van der Waals surface area contributed by atoms with E-state index in [-0.39, 0.29) is 24.7 Å². The van der Waals surface area contributed by atoms with Gasteiger partial charge in [-0.1, -0.05) is 0 Å². The van der Waals surface area contributed by atoms with Gasteiger partial charge in [0.2, 0.25) is 11.8 Å². The van der Waals surface area contributed by atoms with Gasteiger partial charge >= 0.3 is 0 Å². The zero-order valence-corrected chi connectivity index (χ0v) is 14.8. The topological polar surface area (TPSA) is 109 Å². The van der Waals surface area contributed by atoms with E-state index in [9.17, 15) is 9.59 Å². The predicted octanol–water partition coefficient (Wildman–Crippen LogP) is 2.65. The van der Waals surface area contributed by atoms with Crippen LogP contribution in [0.25, 0.3) is 0 Å². The summed E-state index contributed by atoms with van der Waals surface area (Å²) in [6, 6.07) is 7.15. The zero-order valence-electron chi connectivity index (χ0n) is 14.8. The maximum atomic E-state index is 11.6. The van der Waals surface area contributed by atoms with Crippen molar-refractivity contribution in [2.24, 2.45) is 10.2 Å². The van der Waals surface area contributed by atoms with Gasteiger partial charge in [-0.25, -0.2) is 10.9 Å². The molecule has 2 aromatic rings. The van der Waals surface area contributed by atoms with Crippen molar-refractivity contribution in [1.29, 1.82) is 0 Å². The van der Waals surface area contributed by atoms with Crippen LogP contribution in [0.2, 0.25) is 0 Å². The molecule has 8 nitrogen and oxygen atoms in total. The average molecular weight is 358 g/mol. The molecule has 8 heteroatoms. The number of carbonyl (C=O) groups is 2. The number of amides is 2. The highest BCUT2D eigenvalue weighted by Crippen LogP contribution is 2.04. The Morgan fingerprint density at radius 2 is 1.27 bits per heavy atom. The van der Waals surface area contributed by atoms with E-state index < -0.39 is 0 Å². The number of unbranched alkanes of at least 4 members (excludes halogenated alkanes) is 1. The van der Waals surface area contributed by atoms with Gasteiger partial charge in [-0.3, -0.25) is 9.59 Å². The van der Waals surface area contributed by atoms with Gasteiger partial charge < -0.3 is 8.83 Å². The number of nitrogens with zero attached hydrogens (tertiary/aromatic N) is 2. The molecule has 2 heterocycles. The molecule has 0 fully saturated rings. The molecule has 0 radical (unpaired) electrons. The summed E-state index contributed by atoms with van der Waals surface area (Å²) in [6.45, 7) is 3.66. The molecule has 0 atom stereocenters. The maximum absolute atomic E-state index is 11.6. The van der Waals surface area contributed by atoms with E-state index in [1.165, 1.54) is 12.4 Å². The van der Waals surface area contributed by atoms with Crippen molar-refractivity contribution >= 4 is 24.2 Å². The Kier molecular flexibility index (Phi) is 7.35. The Bertz CT molecular complexity index is 722.